The van der Waals surface area contributed by atoms with Gasteiger partial charge in [0.2, 0.25) is 0 Å². The number of hydrogen-bond acceptors (Lipinski definition) is 5. The second kappa shape index (κ2) is 7.70. The van der Waals surface area contributed by atoms with Crippen molar-refractivity contribution in [3.63, 3.8) is 0 Å². The lowest BCUT2D eigenvalue weighted by atomic mass is 10.0. The monoisotopic (exact) mass is 347 g/mol. The predicted octanol–water partition coefficient (Wildman–Crippen LogP) is 1.95. The van der Waals surface area contributed by atoms with E-state index in [0.717, 1.165) is 48.6 Å². The number of carbonyl (C=O) groups excluding carboxylic acids is 1. The molecular weight excluding hydrogens is 318 g/mol. The number of aromatic nitrogens is 1. The summed E-state index contributed by atoms with van der Waals surface area (Å²) >= 11 is 0. The lowest BCUT2D eigenvalue weighted by Gasteiger charge is -2.36. The average Bonchev–Trinajstić information content (AvgIpc) is 2.77. The van der Waals surface area contributed by atoms with E-state index >= 15 is 0 Å². The molecule has 2 aliphatic heterocycles. The highest BCUT2D eigenvalue weighted by molar-refractivity contribution is 5.97. The van der Waals surface area contributed by atoms with Crippen LogP contribution in [0.5, 0.6) is 0 Å². The van der Waals surface area contributed by atoms with Gasteiger partial charge in [-0.05, 0) is 45.7 Å². The van der Waals surface area contributed by atoms with Crippen molar-refractivity contribution in [2.45, 2.75) is 58.8 Å². The van der Waals surface area contributed by atoms with Gasteiger partial charge in [0.05, 0.1) is 25.4 Å². The summed E-state index contributed by atoms with van der Waals surface area (Å²) in [6, 6.07) is 2.05. The molecule has 1 saturated heterocycles. The molecule has 1 aromatic heterocycles. The van der Waals surface area contributed by atoms with Crippen molar-refractivity contribution in [2.24, 2.45) is 0 Å². The molecule has 138 valence electrons. The van der Waals surface area contributed by atoms with Crippen molar-refractivity contribution in [2.75, 3.05) is 31.2 Å². The summed E-state index contributed by atoms with van der Waals surface area (Å²) in [7, 11) is 0. The van der Waals surface area contributed by atoms with Crippen LogP contribution in [0.1, 0.15) is 49.3 Å². The SMILES string of the molecule is CC(C)NC(=O)c1cc(N2CC(C)OC(C)C2)nc2c1CCOCC2. The Labute approximate surface area is 149 Å². The number of ether oxygens (including phenoxy) is 2. The minimum absolute atomic E-state index is 0.0221. The standard InChI is InChI=1S/C19H29N3O3/c1-12(2)20-19(23)16-9-18(22-10-13(3)25-14(4)11-22)21-17-6-8-24-7-5-15(16)17/h9,12-14H,5-8,10-11H2,1-4H3,(H,20,23). The number of pyridine rings is 1. The number of morpholine rings is 1. The maximum Gasteiger partial charge on any atom is 0.251 e. The first kappa shape index (κ1) is 18.1. The third-order valence-electron chi connectivity index (χ3n) is 4.58. The van der Waals surface area contributed by atoms with Gasteiger partial charge < -0.3 is 19.7 Å². The van der Waals surface area contributed by atoms with E-state index in [0.29, 0.717) is 13.2 Å². The topological polar surface area (TPSA) is 63.7 Å². The van der Waals surface area contributed by atoms with Crippen LogP contribution in [0.25, 0.3) is 0 Å². The van der Waals surface area contributed by atoms with Crippen LogP contribution < -0.4 is 10.2 Å². The second-order valence-corrected chi connectivity index (χ2v) is 7.36. The molecule has 3 rings (SSSR count). The first-order valence-electron chi connectivity index (χ1n) is 9.26. The molecule has 1 amide bonds. The summed E-state index contributed by atoms with van der Waals surface area (Å²) in [5.74, 6) is 0.850. The molecule has 1 aromatic rings. The van der Waals surface area contributed by atoms with Gasteiger partial charge in [-0.2, -0.15) is 0 Å². The molecule has 0 aliphatic carbocycles. The molecule has 25 heavy (non-hydrogen) atoms. The molecule has 2 unspecified atom stereocenters. The minimum atomic E-state index is -0.0221. The van der Waals surface area contributed by atoms with Crippen LogP contribution in [0.3, 0.4) is 0 Å². The van der Waals surface area contributed by atoms with Crippen LogP contribution in [-0.4, -0.2) is 55.4 Å². The van der Waals surface area contributed by atoms with Crippen molar-refractivity contribution < 1.29 is 14.3 Å². The van der Waals surface area contributed by atoms with E-state index < -0.39 is 0 Å². The van der Waals surface area contributed by atoms with Crippen LogP contribution >= 0.6 is 0 Å². The maximum atomic E-state index is 12.8. The highest BCUT2D eigenvalue weighted by Crippen LogP contribution is 2.26. The Morgan fingerprint density at radius 1 is 1.24 bits per heavy atom. The largest absolute Gasteiger partial charge is 0.381 e. The minimum Gasteiger partial charge on any atom is -0.381 e. The molecule has 2 aliphatic rings. The highest BCUT2D eigenvalue weighted by Gasteiger charge is 2.26. The van der Waals surface area contributed by atoms with Crippen LogP contribution in [0.2, 0.25) is 0 Å². The van der Waals surface area contributed by atoms with Crippen molar-refractivity contribution in [3.05, 3.63) is 22.9 Å². The zero-order valence-corrected chi connectivity index (χ0v) is 15.7. The molecule has 0 aromatic carbocycles. The van der Waals surface area contributed by atoms with Crippen LogP contribution in [0.4, 0.5) is 5.82 Å². The Morgan fingerprint density at radius 3 is 2.60 bits per heavy atom. The van der Waals surface area contributed by atoms with Crippen LogP contribution in [0, 0.1) is 0 Å². The number of fused-ring (bicyclic) bond motifs is 1. The van der Waals surface area contributed by atoms with Crippen molar-refractivity contribution in [1.29, 1.82) is 0 Å². The number of nitrogens with one attached hydrogen (secondary N) is 1. The summed E-state index contributed by atoms with van der Waals surface area (Å²) in [5, 5.41) is 3.03. The Hall–Kier alpha value is -1.66. The summed E-state index contributed by atoms with van der Waals surface area (Å²) in [5.41, 5.74) is 2.77. The van der Waals surface area contributed by atoms with Gasteiger partial charge in [-0.25, -0.2) is 4.98 Å². The normalized spacial score (nSPS) is 24.0. The van der Waals surface area contributed by atoms with E-state index in [1.165, 1.54) is 0 Å². The summed E-state index contributed by atoms with van der Waals surface area (Å²) < 4.78 is 11.4. The highest BCUT2D eigenvalue weighted by atomic mass is 16.5. The molecule has 0 saturated carbocycles. The Kier molecular flexibility index (Phi) is 5.59. The van der Waals surface area contributed by atoms with Gasteiger partial charge in [-0.1, -0.05) is 0 Å². The first-order chi connectivity index (χ1) is 11.9. The second-order valence-electron chi connectivity index (χ2n) is 7.36. The molecule has 6 nitrogen and oxygen atoms in total. The van der Waals surface area contributed by atoms with Crippen LogP contribution in [0.15, 0.2) is 6.07 Å². The van der Waals surface area contributed by atoms with E-state index in [4.69, 9.17) is 14.5 Å². The Bertz CT molecular complexity index is 623. The van der Waals surface area contributed by atoms with Gasteiger partial charge >= 0.3 is 0 Å². The lowest BCUT2D eigenvalue weighted by molar-refractivity contribution is -0.00547. The number of nitrogens with zero attached hydrogens (tertiary/aromatic N) is 2. The van der Waals surface area contributed by atoms with Crippen molar-refractivity contribution in [1.82, 2.24) is 10.3 Å². The Morgan fingerprint density at radius 2 is 1.92 bits per heavy atom. The van der Waals surface area contributed by atoms with Gasteiger partial charge in [0.25, 0.3) is 5.91 Å². The molecule has 1 fully saturated rings. The Balaban J connectivity index is 1.99. The van der Waals surface area contributed by atoms with Gasteiger partial charge in [0.1, 0.15) is 5.82 Å². The number of carbonyl (C=O) groups is 1. The van der Waals surface area contributed by atoms with Crippen LogP contribution in [-0.2, 0) is 22.3 Å². The van der Waals surface area contributed by atoms with E-state index in [1.54, 1.807) is 0 Å². The fraction of sp³-hybridized carbons (Fsp3) is 0.684. The lowest BCUT2D eigenvalue weighted by Crippen LogP contribution is -2.46. The van der Waals surface area contributed by atoms with Gasteiger partial charge in [-0.15, -0.1) is 0 Å². The molecule has 2 atom stereocenters. The smallest absolute Gasteiger partial charge is 0.251 e. The zero-order chi connectivity index (χ0) is 18.0. The van der Waals surface area contributed by atoms with E-state index in [-0.39, 0.29) is 24.2 Å². The molecule has 1 N–H and O–H groups in total. The van der Waals surface area contributed by atoms with E-state index in [9.17, 15) is 4.79 Å². The molecule has 0 bridgehead atoms. The third-order valence-corrected chi connectivity index (χ3v) is 4.58. The number of rotatable bonds is 3. The van der Waals surface area contributed by atoms with Crippen molar-refractivity contribution >= 4 is 11.7 Å². The van der Waals surface area contributed by atoms with E-state index in [1.807, 2.05) is 19.9 Å². The number of amides is 1. The molecule has 0 radical (unpaired) electrons. The number of anilines is 1. The first-order valence-corrected chi connectivity index (χ1v) is 9.26. The van der Waals surface area contributed by atoms with Gasteiger partial charge in [0.15, 0.2) is 0 Å². The molecule has 6 heteroatoms. The number of hydrogen-bond donors (Lipinski definition) is 1. The zero-order valence-electron chi connectivity index (χ0n) is 15.7. The van der Waals surface area contributed by atoms with Gasteiger partial charge in [0, 0.05) is 36.8 Å². The summed E-state index contributed by atoms with van der Waals surface area (Å²) in [4.78, 5) is 19.9. The fourth-order valence-electron chi connectivity index (χ4n) is 3.61. The van der Waals surface area contributed by atoms with Crippen molar-refractivity contribution in [3.8, 4) is 0 Å². The molecular formula is C19H29N3O3. The molecule has 0 spiro atoms. The predicted molar refractivity (Wildman–Crippen MR) is 97.3 cm³/mol. The summed E-state index contributed by atoms with van der Waals surface area (Å²) in [6.07, 6.45) is 1.79. The third kappa shape index (κ3) is 4.30. The quantitative estimate of drug-likeness (QED) is 0.905. The van der Waals surface area contributed by atoms with E-state index in [2.05, 4.69) is 24.1 Å². The fourth-order valence-corrected chi connectivity index (χ4v) is 3.61. The maximum absolute atomic E-state index is 12.8. The molecule has 3 heterocycles. The van der Waals surface area contributed by atoms with Gasteiger partial charge in [-0.3, -0.25) is 4.79 Å². The average molecular weight is 347 g/mol. The summed E-state index contributed by atoms with van der Waals surface area (Å²) in [6.45, 7) is 11.0.